The molecule has 0 bridgehead atoms. The van der Waals surface area contributed by atoms with Crippen LogP contribution in [0.3, 0.4) is 0 Å². The summed E-state index contributed by atoms with van der Waals surface area (Å²) in [6.07, 6.45) is 2.35. The van der Waals surface area contributed by atoms with Gasteiger partial charge in [-0.3, -0.25) is 4.98 Å². The number of aromatic nitrogens is 3. The number of halogens is 1. The van der Waals surface area contributed by atoms with Crippen molar-refractivity contribution in [1.29, 1.82) is 0 Å². The van der Waals surface area contributed by atoms with Crippen LogP contribution in [0.4, 0.5) is 0 Å². The normalized spacial score (nSPS) is 20.9. The Morgan fingerprint density at radius 1 is 0.946 bits per heavy atom. The van der Waals surface area contributed by atoms with Crippen molar-refractivity contribution < 1.29 is 18.6 Å². The fourth-order valence-electron chi connectivity index (χ4n) is 5.05. The number of H-pyrrole nitrogens is 2. The summed E-state index contributed by atoms with van der Waals surface area (Å²) in [5.41, 5.74) is 6.39. The first-order valence-corrected chi connectivity index (χ1v) is 12.5. The Morgan fingerprint density at radius 3 is 2.41 bits per heavy atom. The number of imidazole rings is 1. The van der Waals surface area contributed by atoms with Crippen LogP contribution in [0.5, 0.6) is 6.01 Å². The highest BCUT2D eigenvalue weighted by Gasteiger charge is 2.43. The van der Waals surface area contributed by atoms with E-state index in [1.54, 1.807) is 6.20 Å². The lowest BCUT2D eigenvalue weighted by atomic mass is 9.99. The highest BCUT2D eigenvalue weighted by molar-refractivity contribution is 6.34. The van der Waals surface area contributed by atoms with Crippen LogP contribution in [0, 0.1) is 0 Å². The molecule has 2 aromatic heterocycles. The predicted molar refractivity (Wildman–Crippen MR) is 139 cm³/mol. The molecule has 2 saturated heterocycles. The van der Waals surface area contributed by atoms with Crippen molar-refractivity contribution in [3.05, 3.63) is 82.4 Å². The van der Waals surface area contributed by atoms with E-state index in [9.17, 15) is 4.79 Å². The van der Waals surface area contributed by atoms with Gasteiger partial charge in [0.25, 0.3) is 6.01 Å². The number of hydrogen-bond acceptors (Lipinski definition) is 6. The van der Waals surface area contributed by atoms with Gasteiger partial charge in [0.05, 0.1) is 35.0 Å². The first-order chi connectivity index (χ1) is 18.1. The van der Waals surface area contributed by atoms with Gasteiger partial charge in [0.1, 0.15) is 6.10 Å². The minimum absolute atomic E-state index is 0.0450. The van der Waals surface area contributed by atoms with Gasteiger partial charge in [-0.25, -0.2) is 4.79 Å². The molecule has 0 amide bonds. The number of fused-ring (bicyclic) bond motifs is 2. The fraction of sp³-hybridized carbons (Fsp3) is 0.214. The third-order valence-electron chi connectivity index (χ3n) is 6.95. The number of ether oxygens (including phenoxy) is 3. The maximum absolute atomic E-state index is 11.3. The molecule has 3 unspecified atom stereocenters. The van der Waals surface area contributed by atoms with E-state index in [1.165, 1.54) is 0 Å². The molecule has 8 nitrogen and oxygen atoms in total. The molecule has 9 heteroatoms. The minimum atomic E-state index is -0.467. The molecule has 7 rings (SSSR count). The topological polar surface area (TPSA) is 102 Å². The highest BCUT2D eigenvalue weighted by Crippen LogP contribution is 2.35. The van der Waals surface area contributed by atoms with Gasteiger partial charge in [0.2, 0.25) is 0 Å². The molecule has 0 saturated carbocycles. The van der Waals surface area contributed by atoms with E-state index in [1.807, 2.05) is 48.5 Å². The molecule has 5 aromatic rings. The highest BCUT2D eigenvalue weighted by atomic mass is 35.5. The van der Waals surface area contributed by atoms with Crippen LogP contribution in [-0.4, -0.2) is 46.5 Å². The fourth-order valence-corrected chi connectivity index (χ4v) is 5.33. The third kappa shape index (κ3) is 4.13. The number of benzene rings is 3. The van der Waals surface area contributed by atoms with E-state index < -0.39 is 5.76 Å². The Kier molecular flexibility index (Phi) is 5.39. The molecule has 3 atom stereocenters. The molecule has 186 valence electrons. The van der Waals surface area contributed by atoms with Crippen molar-refractivity contribution in [3.63, 3.8) is 0 Å². The van der Waals surface area contributed by atoms with E-state index in [0.29, 0.717) is 30.0 Å². The summed E-state index contributed by atoms with van der Waals surface area (Å²) in [5.74, 6) is 0.0434. The second-order valence-electron chi connectivity index (χ2n) is 9.24. The van der Waals surface area contributed by atoms with Gasteiger partial charge in [-0.05, 0) is 35.2 Å². The first-order valence-electron chi connectivity index (χ1n) is 12.1. The molecular weight excluding hydrogens is 494 g/mol. The van der Waals surface area contributed by atoms with Crippen LogP contribution < -0.4 is 10.5 Å². The van der Waals surface area contributed by atoms with Crippen LogP contribution in [0.2, 0.25) is 5.02 Å². The number of nitrogens with zero attached hydrogens (tertiary/aromatic N) is 1. The lowest BCUT2D eigenvalue weighted by Gasteiger charge is -2.15. The van der Waals surface area contributed by atoms with Crippen LogP contribution in [0.15, 0.2) is 76.1 Å². The van der Waals surface area contributed by atoms with Crippen molar-refractivity contribution in [2.45, 2.75) is 24.7 Å². The lowest BCUT2D eigenvalue weighted by Crippen LogP contribution is -2.32. The molecule has 37 heavy (non-hydrogen) atoms. The van der Waals surface area contributed by atoms with Gasteiger partial charge in [-0.2, -0.15) is 4.98 Å². The van der Waals surface area contributed by atoms with Crippen LogP contribution in [-0.2, 0) is 9.47 Å². The summed E-state index contributed by atoms with van der Waals surface area (Å²) in [5, 5.41) is 0.621. The zero-order valence-corrected chi connectivity index (χ0v) is 20.3. The van der Waals surface area contributed by atoms with Crippen molar-refractivity contribution in [2.75, 3.05) is 13.2 Å². The molecule has 2 aliphatic heterocycles. The summed E-state index contributed by atoms with van der Waals surface area (Å²) >= 11 is 6.66. The Balaban J connectivity index is 1.12. The van der Waals surface area contributed by atoms with E-state index >= 15 is 0 Å². The van der Waals surface area contributed by atoms with Gasteiger partial charge in [0.15, 0.2) is 11.9 Å². The van der Waals surface area contributed by atoms with Crippen molar-refractivity contribution in [1.82, 2.24) is 15.0 Å². The van der Waals surface area contributed by atoms with Gasteiger partial charge in [-0.15, -0.1) is 0 Å². The quantitative estimate of drug-likeness (QED) is 0.323. The maximum atomic E-state index is 11.3. The second kappa shape index (κ2) is 8.92. The lowest BCUT2D eigenvalue weighted by molar-refractivity contribution is 0.0273. The second-order valence-corrected chi connectivity index (χ2v) is 9.65. The molecule has 0 radical (unpaired) electrons. The number of rotatable bonds is 5. The Morgan fingerprint density at radius 2 is 1.68 bits per heavy atom. The number of hydrogen-bond donors (Lipinski definition) is 2. The average molecular weight is 516 g/mol. The van der Waals surface area contributed by atoms with Crippen LogP contribution in [0.25, 0.3) is 44.6 Å². The molecular formula is C28H22ClN3O5. The Hall–Kier alpha value is -3.85. The minimum Gasteiger partial charge on any atom is -0.456 e. The van der Waals surface area contributed by atoms with Crippen molar-refractivity contribution in [2.24, 2.45) is 0 Å². The Bertz CT molecular complexity index is 1640. The summed E-state index contributed by atoms with van der Waals surface area (Å²) in [6, 6.07) is 20.3. The van der Waals surface area contributed by atoms with Gasteiger partial charge >= 0.3 is 5.76 Å². The van der Waals surface area contributed by atoms with Crippen LogP contribution >= 0.6 is 11.6 Å². The monoisotopic (exact) mass is 515 g/mol. The van der Waals surface area contributed by atoms with Gasteiger partial charge in [0, 0.05) is 17.7 Å². The summed E-state index contributed by atoms with van der Waals surface area (Å²) < 4.78 is 22.7. The average Bonchev–Trinajstić information content (AvgIpc) is 3.70. The van der Waals surface area contributed by atoms with Crippen molar-refractivity contribution in [3.8, 4) is 39.6 Å². The molecule has 0 aliphatic carbocycles. The van der Waals surface area contributed by atoms with Crippen LogP contribution in [0.1, 0.15) is 6.42 Å². The summed E-state index contributed by atoms with van der Waals surface area (Å²) in [6.45, 7) is 1.20. The summed E-state index contributed by atoms with van der Waals surface area (Å²) in [4.78, 5) is 21.6. The Labute approximate surface area is 216 Å². The maximum Gasteiger partial charge on any atom is 0.416 e. The molecule has 2 aliphatic rings. The van der Waals surface area contributed by atoms with Gasteiger partial charge < -0.3 is 23.6 Å². The van der Waals surface area contributed by atoms with E-state index in [2.05, 4.69) is 27.1 Å². The number of aromatic amines is 2. The van der Waals surface area contributed by atoms with Crippen molar-refractivity contribution >= 4 is 22.6 Å². The molecule has 2 N–H and O–H groups in total. The van der Waals surface area contributed by atoms with E-state index in [0.717, 1.165) is 45.3 Å². The third-order valence-corrected chi connectivity index (χ3v) is 7.27. The zero-order valence-electron chi connectivity index (χ0n) is 19.6. The first kappa shape index (κ1) is 22.4. The van der Waals surface area contributed by atoms with E-state index in [4.69, 9.17) is 30.2 Å². The molecule has 3 aromatic carbocycles. The number of nitrogens with one attached hydrogen (secondary N) is 2. The largest absolute Gasteiger partial charge is 0.456 e. The standard InChI is InChI=1S/C28H22ClN3O5/c29-20-12-22-21(31-27(32-22)36-25-14-35-23-9-10-34-26(23)25)11-19(20)17-5-1-15(2-6-17)16-3-7-18(8-4-16)24-13-30-28(33)37-24/h1-8,11-13,23,25-26H,9-10,14H2,(H,30,33)(H,31,32). The van der Waals surface area contributed by atoms with Gasteiger partial charge in [-0.1, -0.05) is 60.1 Å². The zero-order chi connectivity index (χ0) is 24.9. The van der Waals surface area contributed by atoms with E-state index in [-0.39, 0.29) is 18.3 Å². The predicted octanol–water partition coefficient (Wildman–Crippen LogP) is 5.43. The SMILES string of the molecule is O=c1[nH]cc(-c2ccc(-c3ccc(-c4cc5nc(OC6COC7CCOC76)[nH]c5cc4Cl)cc3)cc2)o1. The molecule has 2 fully saturated rings. The number of oxazole rings is 1. The summed E-state index contributed by atoms with van der Waals surface area (Å²) in [7, 11) is 0. The molecule has 4 heterocycles. The molecule has 0 spiro atoms. The smallest absolute Gasteiger partial charge is 0.416 e.